The molecule has 2 heterocycles. The van der Waals surface area contributed by atoms with E-state index in [0.29, 0.717) is 43.1 Å². The lowest BCUT2D eigenvalue weighted by molar-refractivity contribution is 0.0739. The molecule has 25 heavy (non-hydrogen) atoms. The zero-order chi connectivity index (χ0) is 18.0. The van der Waals surface area contributed by atoms with E-state index in [2.05, 4.69) is 10.2 Å². The number of hydrogen-bond donors (Lipinski definition) is 1. The Morgan fingerprint density at radius 1 is 1.32 bits per heavy atom. The lowest BCUT2D eigenvalue weighted by atomic mass is 10.0. The van der Waals surface area contributed by atoms with Crippen LogP contribution in [-0.2, 0) is 0 Å². The summed E-state index contributed by atoms with van der Waals surface area (Å²) in [5, 5.41) is 15.6. The first-order chi connectivity index (χ1) is 12.0. The zero-order valence-electron chi connectivity index (χ0n) is 14.3. The van der Waals surface area contributed by atoms with Crippen molar-refractivity contribution >= 4 is 11.6 Å². The smallest absolute Gasteiger partial charge is 0.272 e. The molecule has 1 N–H and O–H groups in total. The summed E-state index contributed by atoms with van der Waals surface area (Å²) in [7, 11) is 0. The highest BCUT2D eigenvalue weighted by molar-refractivity contribution is 5.94. The molecule has 1 aliphatic heterocycles. The first-order valence-electron chi connectivity index (χ1n) is 8.28. The topological polar surface area (TPSA) is 76.0 Å². The number of hydrogen-bond acceptors (Lipinski definition) is 4. The Morgan fingerprint density at radius 3 is 2.64 bits per heavy atom. The third-order valence-electron chi connectivity index (χ3n) is 4.49. The highest BCUT2D eigenvalue weighted by Gasteiger charge is 2.26. The number of benzene rings is 1. The Labute approximate surface area is 145 Å². The number of H-pyrrole nitrogens is 1. The van der Waals surface area contributed by atoms with Crippen LogP contribution in [0, 0.1) is 17.1 Å². The second-order valence-corrected chi connectivity index (χ2v) is 6.41. The molecule has 6 nitrogen and oxygen atoms in total. The molecule has 1 fully saturated rings. The molecule has 0 atom stereocenters. The Balaban J connectivity index is 1.69. The lowest BCUT2D eigenvalue weighted by Gasteiger charge is -2.36. The molecule has 0 radical (unpaired) electrons. The number of aromatic nitrogens is 2. The van der Waals surface area contributed by atoms with Gasteiger partial charge < -0.3 is 9.80 Å². The number of nitrogens with one attached hydrogen (secondary N) is 1. The van der Waals surface area contributed by atoms with Crippen molar-refractivity contribution in [1.82, 2.24) is 15.1 Å². The van der Waals surface area contributed by atoms with Gasteiger partial charge in [0.15, 0.2) is 0 Å². The van der Waals surface area contributed by atoms with Crippen molar-refractivity contribution in [1.29, 1.82) is 5.26 Å². The summed E-state index contributed by atoms with van der Waals surface area (Å²) >= 11 is 0. The Bertz CT molecular complexity index is 815. The molecule has 1 aliphatic rings. The van der Waals surface area contributed by atoms with Crippen molar-refractivity contribution in [2.75, 3.05) is 31.1 Å². The molecule has 0 spiro atoms. The number of nitriles is 1. The number of carbonyl (C=O) groups is 1. The average Bonchev–Trinajstić information content (AvgIpc) is 3.11. The molecule has 3 rings (SSSR count). The number of carbonyl (C=O) groups excluding carboxylic acids is 1. The summed E-state index contributed by atoms with van der Waals surface area (Å²) in [6.45, 7) is 6.14. The maximum atomic E-state index is 14.2. The third kappa shape index (κ3) is 3.33. The van der Waals surface area contributed by atoms with E-state index in [1.54, 1.807) is 23.2 Å². The summed E-state index contributed by atoms with van der Waals surface area (Å²) in [5.74, 6) is -0.262. The van der Waals surface area contributed by atoms with E-state index < -0.39 is 5.82 Å². The first kappa shape index (κ1) is 17.0. The minimum Gasteiger partial charge on any atom is -0.366 e. The number of nitrogens with zero attached hydrogens (tertiary/aromatic N) is 4. The van der Waals surface area contributed by atoms with Crippen LogP contribution in [0.4, 0.5) is 10.1 Å². The Hall–Kier alpha value is -2.88. The van der Waals surface area contributed by atoms with Gasteiger partial charge in [0.2, 0.25) is 0 Å². The molecular weight excluding hydrogens is 321 g/mol. The van der Waals surface area contributed by atoms with Crippen LogP contribution in [-0.4, -0.2) is 47.2 Å². The third-order valence-corrected chi connectivity index (χ3v) is 4.49. The van der Waals surface area contributed by atoms with Gasteiger partial charge in [-0.05, 0) is 24.1 Å². The minimum atomic E-state index is -0.408. The highest BCUT2D eigenvalue weighted by Crippen LogP contribution is 2.23. The predicted molar refractivity (Wildman–Crippen MR) is 91.9 cm³/mol. The summed E-state index contributed by atoms with van der Waals surface area (Å²) in [5.41, 5.74) is 2.21. The second-order valence-electron chi connectivity index (χ2n) is 6.41. The van der Waals surface area contributed by atoms with Gasteiger partial charge in [0.25, 0.3) is 5.91 Å². The molecule has 0 unspecified atom stereocenters. The number of anilines is 1. The van der Waals surface area contributed by atoms with Crippen molar-refractivity contribution in [3.05, 3.63) is 47.0 Å². The van der Waals surface area contributed by atoms with Gasteiger partial charge in [0.05, 0.1) is 23.5 Å². The summed E-state index contributed by atoms with van der Waals surface area (Å²) in [4.78, 5) is 16.4. The van der Waals surface area contributed by atoms with Crippen molar-refractivity contribution in [3.63, 3.8) is 0 Å². The quantitative estimate of drug-likeness (QED) is 0.931. The monoisotopic (exact) mass is 341 g/mol. The number of aromatic amines is 1. The van der Waals surface area contributed by atoms with E-state index in [4.69, 9.17) is 5.26 Å². The average molecular weight is 341 g/mol. The molecule has 1 amide bonds. The summed E-state index contributed by atoms with van der Waals surface area (Å²) in [6, 6.07) is 6.40. The van der Waals surface area contributed by atoms with Crippen LogP contribution >= 0.6 is 0 Å². The van der Waals surface area contributed by atoms with E-state index in [9.17, 15) is 9.18 Å². The molecule has 0 aliphatic carbocycles. The van der Waals surface area contributed by atoms with Gasteiger partial charge >= 0.3 is 0 Å². The van der Waals surface area contributed by atoms with Crippen LogP contribution in [0.1, 0.15) is 41.4 Å². The van der Waals surface area contributed by atoms with Gasteiger partial charge in [0.1, 0.15) is 11.5 Å². The van der Waals surface area contributed by atoms with Crippen LogP contribution in [0.5, 0.6) is 0 Å². The van der Waals surface area contributed by atoms with Crippen LogP contribution in [0.25, 0.3) is 0 Å². The zero-order valence-corrected chi connectivity index (χ0v) is 14.3. The van der Waals surface area contributed by atoms with Gasteiger partial charge in [-0.25, -0.2) is 4.39 Å². The molecular formula is C18H20FN5O. The maximum Gasteiger partial charge on any atom is 0.272 e. The Morgan fingerprint density at radius 2 is 2.04 bits per heavy atom. The number of halogens is 1. The maximum absolute atomic E-state index is 14.2. The van der Waals surface area contributed by atoms with Gasteiger partial charge in [-0.2, -0.15) is 10.4 Å². The van der Waals surface area contributed by atoms with Crippen LogP contribution < -0.4 is 4.90 Å². The molecule has 1 aromatic heterocycles. The molecule has 7 heteroatoms. The molecule has 130 valence electrons. The van der Waals surface area contributed by atoms with Gasteiger partial charge in [-0.1, -0.05) is 13.8 Å². The summed E-state index contributed by atoms with van der Waals surface area (Å²) in [6.07, 6.45) is 1.69. The predicted octanol–water partition coefficient (Wildman–Crippen LogP) is 2.51. The van der Waals surface area contributed by atoms with Crippen LogP contribution in [0.15, 0.2) is 24.4 Å². The number of amides is 1. The molecule has 2 aromatic rings. The van der Waals surface area contributed by atoms with Gasteiger partial charge in [-0.15, -0.1) is 0 Å². The van der Waals surface area contributed by atoms with E-state index in [1.165, 1.54) is 6.07 Å². The normalized spacial score (nSPS) is 14.7. The van der Waals surface area contributed by atoms with Gasteiger partial charge in [-0.3, -0.25) is 9.89 Å². The largest absolute Gasteiger partial charge is 0.366 e. The number of rotatable bonds is 3. The fraction of sp³-hybridized carbons (Fsp3) is 0.389. The molecule has 1 saturated heterocycles. The SMILES string of the molecule is CC(C)c1cn[nH]c1C(=O)N1CCN(c2ccc(C#N)cc2F)CC1. The van der Waals surface area contributed by atoms with Crippen molar-refractivity contribution in [3.8, 4) is 6.07 Å². The summed E-state index contributed by atoms with van der Waals surface area (Å²) < 4.78 is 14.2. The van der Waals surface area contributed by atoms with E-state index in [-0.39, 0.29) is 11.8 Å². The van der Waals surface area contributed by atoms with Gasteiger partial charge in [0, 0.05) is 31.7 Å². The van der Waals surface area contributed by atoms with E-state index >= 15 is 0 Å². The lowest BCUT2D eigenvalue weighted by Crippen LogP contribution is -2.49. The standard InChI is InChI=1S/C18H20FN5O/c1-12(2)14-11-21-22-17(14)18(25)24-7-5-23(6-8-24)16-4-3-13(10-20)9-15(16)19/h3-4,9,11-12H,5-8H2,1-2H3,(H,21,22). The molecule has 0 bridgehead atoms. The molecule has 0 saturated carbocycles. The van der Waals surface area contributed by atoms with E-state index in [0.717, 1.165) is 5.56 Å². The van der Waals surface area contributed by atoms with Crippen molar-refractivity contribution in [2.24, 2.45) is 0 Å². The number of piperazine rings is 1. The fourth-order valence-corrected chi connectivity index (χ4v) is 3.05. The van der Waals surface area contributed by atoms with Crippen LogP contribution in [0.3, 0.4) is 0 Å². The minimum absolute atomic E-state index is 0.0684. The second kappa shape index (κ2) is 6.93. The van der Waals surface area contributed by atoms with Crippen molar-refractivity contribution < 1.29 is 9.18 Å². The van der Waals surface area contributed by atoms with Crippen LogP contribution in [0.2, 0.25) is 0 Å². The molecule has 1 aromatic carbocycles. The Kier molecular flexibility index (Phi) is 4.70. The first-order valence-corrected chi connectivity index (χ1v) is 8.28. The fourth-order valence-electron chi connectivity index (χ4n) is 3.05. The van der Waals surface area contributed by atoms with E-state index in [1.807, 2.05) is 24.8 Å². The van der Waals surface area contributed by atoms with Crippen molar-refractivity contribution in [2.45, 2.75) is 19.8 Å². The highest BCUT2D eigenvalue weighted by atomic mass is 19.1.